The number of morpholine rings is 3. The summed E-state index contributed by atoms with van der Waals surface area (Å²) in [6, 6.07) is 16.6. The highest BCUT2D eigenvalue weighted by Crippen LogP contribution is 2.31. The summed E-state index contributed by atoms with van der Waals surface area (Å²) in [4.78, 5) is 43.8. The molecule has 3 aromatic heterocycles. The fourth-order valence-electron chi connectivity index (χ4n) is 7.07. The lowest BCUT2D eigenvalue weighted by Gasteiger charge is -2.29. The summed E-state index contributed by atoms with van der Waals surface area (Å²) < 4.78 is 20.8. The number of fused-ring (bicyclic) bond motifs is 3. The molecule has 0 saturated carbocycles. The lowest BCUT2D eigenvalue weighted by molar-refractivity contribution is 0.0600. The van der Waals surface area contributed by atoms with Gasteiger partial charge in [0.2, 0.25) is 15.9 Å². The number of methoxy groups -OCH3 is 1. The summed E-state index contributed by atoms with van der Waals surface area (Å²) in [6.07, 6.45) is 0. The monoisotopic (exact) mass is 893 g/mol. The highest BCUT2D eigenvalue weighted by molar-refractivity contribution is 6.29. The normalized spacial score (nSPS) is 15.9. The zero-order chi connectivity index (χ0) is 43.1. The number of halogens is 3. The van der Waals surface area contributed by atoms with Crippen LogP contribution in [0.15, 0.2) is 54.6 Å². The first-order chi connectivity index (χ1) is 29.4. The first-order valence-electron chi connectivity index (χ1n) is 19.7. The second-order valence-corrected chi connectivity index (χ2v) is 15.8. The molecule has 3 aliphatic rings. The molecular weight excluding hydrogens is 849 g/mol. The van der Waals surface area contributed by atoms with Crippen LogP contribution in [0.25, 0.3) is 32.7 Å². The topological polar surface area (TPSA) is 182 Å². The minimum atomic E-state index is -0.912. The van der Waals surface area contributed by atoms with Gasteiger partial charge in [0, 0.05) is 55.4 Å². The van der Waals surface area contributed by atoms with E-state index in [-0.39, 0.29) is 22.5 Å². The zero-order valence-corrected chi connectivity index (χ0v) is 36.3. The van der Waals surface area contributed by atoms with E-state index < -0.39 is 11.6 Å². The Kier molecular flexibility index (Phi) is 14.5. The minimum Gasteiger partial charge on any atom is -0.465 e. The third kappa shape index (κ3) is 10.8. The van der Waals surface area contributed by atoms with Gasteiger partial charge in [-0.15, -0.1) is 0 Å². The Bertz CT molecular complexity index is 2490. The molecule has 2 N–H and O–H groups in total. The number of aliphatic hydroxyl groups is 2. The highest BCUT2D eigenvalue weighted by Gasteiger charge is 2.22. The van der Waals surface area contributed by atoms with Crippen molar-refractivity contribution in [2.75, 3.05) is 101 Å². The number of esters is 1. The van der Waals surface area contributed by atoms with Crippen molar-refractivity contribution in [1.29, 1.82) is 0 Å². The standard InChI is InChI=1S/C15H18ClN3O2.C14H14ClN3O3.C13H14ClN3O2/c1-15(2,20)10-3-4-11-12(9-10)17-14(16)18-13(11)19-5-7-21-8-6-19;1-20-13(19)9-2-3-10-11(8-9)16-14(15)17-12(10)18-4-6-21-7-5-18;14-13-15-11-7-9(8-18)1-2-10(11)12(16-13)17-3-5-19-6-4-17/h3-4,9,20H,5-8H2,1-2H3;2-3,8H,4-7H2,1H3;1-2,7,18H,3-6,8H2. The smallest absolute Gasteiger partial charge is 0.337 e. The van der Waals surface area contributed by atoms with Gasteiger partial charge < -0.3 is 43.9 Å². The van der Waals surface area contributed by atoms with Crippen LogP contribution in [0.4, 0.5) is 17.5 Å². The molecule has 0 spiro atoms. The van der Waals surface area contributed by atoms with E-state index in [1.54, 1.807) is 26.0 Å². The number of nitrogens with zero attached hydrogens (tertiary/aromatic N) is 9. The van der Waals surface area contributed by atoms with E-state index >= 15 is 0 Å². The average molecular weight is 895 g/mol. The predicted octanol–water partition coefficient (Wildman–Crippen LogP) is 5.87. The molecule has 322 valence electrons. The van der Waals surface area contributed by atoms with Gasteiger partial charge >= 0.3 is 5.97 Å². The maximum absolute atomic E-state index is 11.6. The quantitative estimate of drug-likeness (QED) is 0.150. The number of aliphatic hydroxyl groups excluding tert-OH is 1. The lowest BCUT2D eigenvalue weighted by Crippen LogP contribution is -2.37. The lowest BCUT2D eigenvalue weighted by atomic mass is 9.97. The Morgan fingerprint density at radius 3 is 1.43 bits per heavy atom. The molecule has 0 amide bonds. The van der Waals surface area contributed by atoms with Crippen molar-refractivity contribution in [3.63, 3.8) is 0 Å². The second kappa shape index (κ2) is 19.9. The zero-order valence-electron chi connectivity index (χ0n) is 34.0. The van der Waals surface area contributed by atoms with Crippen LogP contribution in [0.2, 0.25) is 15.9 Å². The van der Waals surface area contributed by atoms with Gasteiger partial charge in [0.05, 0.1) is 81.1 Å². The van der Waals surface area contributed by atoms with Crippen molar-refractivity contribution in [3.05, 3.63) is 87.1 Å². The van der Waals surface area contributed by atoms with Crippen LogP contribution < -0.4 is 14.7 Å². The molecule has 0 unspecified atom stereocenters. The Balaban J connectivity index is 0.000000138. The molecule has 3 aromatic carbocycles. The Morgan fingerprint density at radius 1 is 0.623 bits per heavy atom. The molecular formula is C42H46Cl3N9O7. The van der Waals surface area contributed by atoms with E-state index in [2.05, 4.69) is 44.6 Å². The number of benzene rings is 3. The summed E-state index contributed by atoms with van der Waals surface area (Å²) in [5.41, 5.74) is 3.27. The van der Waals surface area contributed by atoms with Gasteiger partial charge in [-0.3, -0.25) is 0 Å². The molecule has 0 radical (unpaired) electrons. The fraction of sp³-hybridized carbons (Fsp3) is 0.405. The van der Waals surface area contributed by atoms with E-state index in [0.29, 0.717) is 50.7 Å². The molecule has 3 fully saturated rings. The molecule has 0 atom stereocenters. The van der Waals surface area contributed by atoms with Crippen LogP contribution in [-0.2, 0) is 31.2 Å². The molecule has 19 heteroatoms. The Labute approximate surface area is 367 Å². The molecule has 3 saturated heterocycles. The van der Waals surface area contributed by atoms with Gasteiger partial charge in [0.15, 0.2) is 0 Å². The third-order valence-corrected chi connectivity index (χ3v) is 10.8. The number of carbonyl (C=O) groups excluding carboxylic acids is 1. The molecule has 16 nitrogen and oxygen atoms in total. The van der Waals surface area contributed by atoms with Crippen molar-refractivity contribution in [1.82, 2.24) is 29.9 Å². The second-order valence-electron chi connectivity index (χ2n) is 14.8. The molecule has 3 aliphatic heterocycles. The van der Waals surface area contributed by atoms with E-state index in [9.17, 15) is 15.0 Å². The first kappa shape index (κ1) is 44.3. The Hall–Kier alpha value is -4.78. The number of hydrogen-bond acceptors (Lipinski definition) is 16. The van der Waals surface area contributed by atoms with E-state index in [0.717, 1.165) is 95.0 Å². The SMILES string of the molecule is CC(C)(O)c1ccc2c(N3CCOCC3)nc(Cl)nc2c1.COC(=O)c1ccc2c(N3CCOCC3)nc(Cl)nc2c1.OCc1ccc2c(N3CCOCC3)nc(Cl)nc2c1. The van der Waals surface area contributed by atoms with Gasteiger partial charge in [-0.05, 0) is 102 Å². The number of hydrogen-bond donors (Lipinski definition) is 2. The van der Waals surface area contributed by atoms with E-state index in [1.165, 1.54) is 7.11 Å². The van der Waals surface area contributed by atoms with Crippen LogP contribution in [0.5, 0.6) is 0 Å². The summed E-state index contributed by atoms with van der Waals surface area (Å²) in [5.74, 6) is 2.03. The number of aromatic nitrogens is 6. The summed E-state index contributed by atoms with van der Waals surface area (Å²) in [7, 11) is 1.35. The van der Waals surface area contributed by atoms with E-state index in [1.807, 2.05) is 42.5 Å². The largest absolute Gasteiger partial charge is 0.465 e. The molecule has 6 heterocycles. The average Bonchev–Trinajstić information content (AvgIpc) is 3.28. The van der Waals surface area contributed by atoms with Crippen LogP contribution >= 0.6 is 34.8 Å². The maximum Gasteiger partial charge on any atom is 0.337 e. The van der Waals surface area contributed by atoms with Crippen molar-refractivity contribution in [2.45, 2.75) is 26.1 Å². The highest BCUT2D eigenvalue weighted by atomic mass is 35.5. The molecule has 9 rings (SSSR count). The molecule has 0 bridgehead atoms. The van der Waals surface area contributed by atoms with Gasteiger partial charge in [-0.1, -0.05) is 12.1 Å². The Morgan fingerprint density at radius 2 is 1.02 bits per heavy atom. The number of rotatable bonds is 6. The maximum atomic E-state index is 11.6. The number of anilines is 3. The number of carbonyl (C=O) groups is 1. The predicted molar refractivity (Wildman–Crippen MR) is 235 cm³/mol. The van der Waals surface area contributed by atoms with Gasteiger partial charge in [-0.2, -0.15) is 15.0 Å². The van der Waals surface area contributed by atoms with Gasteiger partial charge in [0.1, 0.15) is 17.5 Å². The van der Waals surface area contributed by atoms with Gasteiger partial charge in [-0.25, -0.2) is 19.7 Å². The van der Waals surface area contributed by atoms with Crippen LogP contribution in [-0.4, -0.2) is 132 Å². The molecule has 6 aromatic rings. The fourth-order valence-corrected chi connectivity index (χ4v) is 7.59. The van der Waals surface area contributed by atoms with E-state index in [4.69, 9.17) is 53.8 Å². The van der Waals surface area contributed by atoms with Crippen LogP contribution in [0, 0.1) is 0 Å². The van der Waals surface area contributed by atoms with Crippen LogP contribution in [0.3, 0.4) is 0 Å². The van der Waals surface area contributed by atoms with Gasteiger partial charge in [0.25, 0.3) is 0 Å². The molecule has 0 aliphatic carbocycles. The number of ether oxygens (including phenoxy) is 4. The van der Waals surface area contributed by atoms with Crippen molar-refractivity contribution in [3.8, 4) is 0 Å². The van der Waals surface area contributed by atoms with Crippen LogP contribution in [0.1, 0.15) is 35.3 Å². The van der Waals surface area contributed by atoms with Crippen molar-refractivity contribution in [2.24, 2.45) is 0 Å². The van der Waals surface area contributed by atoms with Crippen molar-refractivity contribution >= 4 is 90.9 Å². The first-order valence-corrected chi connectivity index (χ1v) is 20.9. The summed E-state index contributed by atoms with van der Waals surface area (Å²) in [6.45, 7) is 12.2. The minimum absolute atomic E-state index is 0.00947. The summed E-state index contributed by atoms with van der Waals surface area (Å²) in [5, 5.41) is 22.7. The van der Waals surface area contributed by atoms with Crippen molar-refractivity contribution < 1.29 is 34.0 Å². The molecule has 61 heavy (non-hydrogen) atoms. The summed E-state index contributed by atoms with van der Waals surface area (Å²) >= 11 is 18.1. The third-order valence-electron chi connectivity index (χ3n) is 10.3.